The summed E-state index contributed by atoms with van der Waals surface area (Å²) >= 11 is 8.74. The van der Waals surface area contributed by atoms with Gasteiger partial charge in [-0.05, 0) is 71.5 Å². The Balaban J connectivity index is 1.84. The van der Waals surface area contributed by atoms with Crippen molar-refractivity contribution < 1.29 is 9.53 Å². The number of nitrogens with one attached hydrogen (secondary N) is 1. The largest absolute Gasteiger partial charge is 0.444 e. The van der Waals surface area contributed by atoms with Crippen LogP contribution in [0.15, 0.2) is 14.3 Å². The molecule has 1 unspecified atom stereocenters. The molecule has 2 heterocycles. The summed E-state index contributed by atoms with van der Waals surface area (Å²) < 4.78 is 7.66. The van der Waals surface area contributed by atoms with Gasteiger partial charge in [0.2, 0.25) is 0 Å². The summed E-state index contributed by atoms with van der Waals surface area (Å²) in [4.78, 5) is 15.2. The third kappa shape index (κ3) is 5.51. The summed E-state index contributed by atoms with van der Waals surface area (Å²) in [6.45, 7) is 8.01. The lowest BCUT2D eigenvalue weighted by atomic mass is 10.1. The predicted molar refractivity (Wildman–Crippen MR) is 97.4 cm³/mol. The molecule has 1 aromatic heterocycles. The molecular formula is C15H22Br2N2O2S. The van der Waals surface area contributed by atoms with Crippen molar-refractivity contribution in [2.45, 2.75) is 51.8 Å². The van der Waals surface area contributed by atoms with Gasteiger partial charge in [0.05, 0.1) is 3.79 Å². The van der Waals surface area contributed by atoms with Crippen LogP contribution < -0.4 is 5.32 Å². The number of halogens is 2. The fraction of sp³-hybridized carbons (Fsp3) is 0.667. The van der Waals surface area contributed by atoms with Crippen molar-refractivity contribution in [3.8, 4) is 0 Å². The zero-order chi connectivity index (χ0) is 16.3. The highest BCUT2D eigenvalue weighted by Crippen LogP contribution is 2.32. The molecule has 0 aliphatic carbocycles. The van der Waals surface area contributed by atoms with Crippen LogP contribution in [0, 0.1) is 0 Å². The van der Waals surface area contributed by atoms with Crippen LogP contribution in [0.5, 0.6) is 0 Å². The Morgan fingerprint density at radius 3 is 2.82 bits per heavy atom. The minimum Gasteiger partial charge on any atom is -0.444 e. The predicted octanol–water partition coefficient (Wildman–Crippen LogP) is 4.76. The van der Waals surface area contributed by atoms with Crippen LogP contribution in [-0.2, 0) is 11.3 Å². The zero-order valence-electron chi connectivity index (χ0n) is 13.1. The molecule has 0 bridgehead atoms. The zero-order valence-corrected chi connectivity index (χ0v) is 17.1. The normalized spacial score (nSPS) is 19.3. The Kier molecular flexibility index (Phi) is 6.33. The molecule has 7 heteroatoms. The van der Waals surface area contributed by atoms with Crippen molar-refractivity contribution >= 4 is 49.3 Å². The van der Waals surface area contributed by atoms with Gasteiger partial charge < -0.3 is 15.0 Å². The molecule has 0 aromatic carbocycles. The second-order valence-electron chi connectivity index (χ2n) is 6.48. The van der Waals surface area contributed by atoms with Crippen LogP contribution in [0.2, 0.25) is 0 Å². The number of rotatable bonds is 3. The van der Waals surface area contributed by atoms with Gasteiger partial charge in [-0.2, -0.15) is 0 Å². The molecular weight excluding hydrogens is 432 g/mol. The number of piperidine rings is 1. The Labute approximate surface area is 152 Å². The maximum Gasteiger partial charge on any atom is 0.410 e. The number of carbonyl (C=O) groups is 1. The van der Waals surface area contributed by atoms with Crippen molar-refractivity contribution in [2.75, 3.05) is 13.1 Å². The molecule has 1 aromatic rings. The molecule has 1 amide bonds. The fourth-order valence-electron chi connectivity index (χ4n) is 2.36. The number of hydrogen-bond acceptors (Lipinski definition) is 4. The first-order valence-corrected chi connectivity index (χ1v) is 9.80. The minimum absolute atomic E-state index is 0.208. The Morgan fingerprint density at radius 1 is 1.50 bits per heavy atom. The lowest BCUT2D eigenvalue weighted by molar-refractivity contribution is 0.0187. The Hall–Kier alpha value is -0.110. The van der Waals surface area contributed by atoms with Crippen LogP contribution in [0.1, 0.15) is 38.5 Å². The molecule has 0 saturated carbocycles. The highest BCUT2D eigenvalue weighted by atomic mass is 79.9. The quantitative estimate of drug-likeness (QED) is 0.716. The number of likely N-dealkylation sites (tertiary alicyclic amines) is 1. The number of hydrogen-bond donors (Lipinski definition) is 1. The van der Waals surface area contributed by atoms with E-state index in [2.05, 4.69) is 43.2 Å². The Morgan fingerprint density at radius 2 is 2.23 bits per heavy atom. The summed E-state index contributed by atoms with van der Waals surface area (Å²) in [5.41, 5.74) is -0.438. The minimum atomic E-state index is -0.438. The van der Waals surface area contributed by atoms with Gasteiger partial charge in [-0.25, -0.2) is 4.79 Å². The highest BCUT2D eigenvalue weighted by molar-refractivity contribution is 9.13. The number of nitrogens with zero attached hydrogens (tertiary/aromatic N) is 1. The molecule has 1 atom stereocenters. The lowest BCUT2D eigenvalue weighted by Gasteiger charge is -2.34. The second-order valence-corrected chi connectivity index (χ2v) is 9.79. The molecule has 1 aliphatic rings. The molecule has 0 spiro atoms. The van der Waals surface area contributed by atoms with E-state index in [1.54, 1.807) is 11.3 Å². The molecule has 22 heavy (non-hydrogen) atoms. The van der Waals surface area contributed by atoms with E-state index in [-0.39, 0.29) is 6.09 Å². The average molecular weight is 454 g/mol. The van der Waals surface area contributed by atoms with Crippen molar-refractivity contribution in [1.29, 1.82) is 0 Å². The van der Waals surface area contributed by atoms with Crippen LogP contribution in [0.4, 0.5) is 4.79 Å². The van der Waals surface area contributed by atoms with Gasteiger partial charge in [-0.1, -0.05) is 0 Å². The molecule has 1 fully saturated rings. The maximum atomic E-state index is 12.1. The van der Waals surface area contributed by atoms with E-state index >= 15 is 0 Å². The first-order valence-electron chi connectivity index (χ1n) is 7.39. The third-order valence-corrected chi connectivity index (χ3v) is 6.59. The van der Waals surface area contributed by atoms with Gasteiger partial charge in [0.1, 0.15) is 5.60 Å². The lowest BCUT2D eigenvalue weighted by Crippen LogP contribution is -2.49. The van der Waals surface area contributed by atoms with Crippen LogP contribution in [0.25, 0.3) is 0 Å². The van der Waals surface area contributed by atoms with E-state index < -0.39 is 5.60 Å². The van der Waals surface area contributed by atoms with Crippen molar-refractivity contribution in [3.05, 3.63) is 19.2 Å². The number of carbonyl (C=O) groups excluding carboxylic acids is 1. The Bertz CT molecular complexity index is 509. The van der Waals surface area contributed by atoms with E-state index in [9.17, 15) is 4.79 Å². The highest BCUT2D eigenvalue weighted by Gasteiger charge is 2.27. The summed E-state index contributed by atoms with van der Waals surface area (Å²) in [7, 11) is 0. The van der Waals surface area contributed by atoms with Crippen LogP contribution in [0.3, 0.4) is 0 Å². The monoisotopic (exact) mass is 452 g/mol. The van der Waals surface area contributed by atoms with Gasteiger partial charge in [-0.15, -0.1) is 11.3 Å². The smallest absolute Gasteiger partial charge is 0.410 e. The van der Waals surface area contributed by atoms with Gasteiger partial charge in [0, 0.05) is 35.0 Å². The molecule has 1 aliphatic heterocycles. The maximum absolute atomic E-state index is 12.1. The topological polar surface area (TPSA) is 41.6 Å². The van der Waals surface area contributed by atoms with E-state index in [4.69, 9.17) is 4.74 Å². The molecule has 1 saturated heterocycles. The first kappa shape index (κ1) is 18.2. The molecule has 0 radical (unpaired) electrons. The van der Waals surface area contributed by atoms with Gasteiger partial charge in [0.25, 0.3) is 0 Å². The van der Waals surface area contributed by atoms with E-state index in [0.29, 0.717) is 12.6 Å². The molecule has 2 rings (SSSR count). The summed E-state index contributed by atoms with van der Waals surface area (Å²) in [5.74, 6) is 0. The van der Waals surface area contributed by atoms with Crippen LogP contribution >= 0.6 is 43.2 Å². The van der Waals surface area contributed by atoms with Gasteiger partial charge in [-0.3, -0.25) is 0 Å². The van der Waals surface area contributed by atoms with E-state index in [1.165, 1.54) is 4.88 Å². The molecule has 124 valence electrons. The summed E-state index contributed by atoms with van der Waals surface area (Å²) in [5, 5.41) is 3.55. The van der Waals surface area contributed by atoms with Crippen molar-refractivity contribution in [3.63, 3.8) is 0 Å². The summed E-state index contributed by atoms with van der Waals surface area (Å²) in [6, 6.07) is 2.44. The van der Waals surface area contributed by atoms with Crippen molar-refractivity contribution in [2.24, 2.45) is 0 Å². The van der Waals surface area contributed by atoms with E-state index in [1.807, 2.05) is 25.7 Å². The standard InChI is InChI=1S/C15H22Br2N2O2S/c1-15(2,3)21-14(20)19-6-4-5-10(9-19)18-8-11-7-12(16)13(17)22-11/h7,10,18H,4-6,8-9H2,1-3H3. The fourth-order valence-corrected chi connectivity index (χ4v) is 4.49. The number of thiophene rings is 1. The number of ether oxygens (including phenoxy) is 1. The summed E-state index contributed by atoms with van der Waals surface area (Å²) in [6.07, 6.45) is 1.89. The van der Waals surface area contributed by atoms with E-state index in [0.717, 1.165) is 34.2 Å². The molecule has 4 nitrogen and oxygen atoms in total. The van der Waals surface area contributed by atoms with Gasteiger partial charge >= 0.3 is 6.09 Å². The SMILES string of the molecule is CC(C)(C)OC(=O)N1CCCC(NCc2cc(Br)c(Br)s2)C1. The molecule has 1 N–H and O–H groups in total. The third-order valence-electron chi connectivity index (χ3n) is 3.33. The van der Waals surface area contributed by atoms with Crippen molar-refractivity contribution in [1.82, 2.24) is 10.2 Å². The van der Waals surface area contributed by atoms with Crippen LogP contribution in [-0.4, -0.2) is 35.7 Å². The average Bonchev–Trinajstić information content (AvgIpc) is 2.74. The second kappa shape index (κ2) is 7.64. The van der Waals surface area contributed by atoms with Gasteiger partial charge in [0.15, 0.2) is 0 Å². The first-order chi connectivity index (χ1) is 10.2. The number of amides is 1.